The summed E-state index contributed by atoms with van der Waals surface area (Å²) < 4.78 is 1.94. The first-order valence-electron chi connectivity index (χ1n) is 8.23. The van der Waals surface area contributed by atoms with Gasteiger partial charge in [-0.3, -0.25) is 4.79 Å². The molecule has 1 aliphatic carbocycles. The Kier molecular flexibility index (Phi) is 5.32. The second-order valence-corrected chi connectivity index (χ2v) is 6.84. The van der Waals surface area contributed by atoms with Crippen molar-refractivity contribution in [3.63, 3.8) is 0 Å². The SMILES string of the molecule is CC1CCCC(CCNC(=O)c2cc(N)cn2C(C)C)C1. The number of carbonyl (C=O) groups is 1. The maximum absolute atomic E-state index is 12.3. The fraction of sp³-hybridized carbons (Fsp3) is 0.706. The maximum Gasteiger partial charge on any atom is 0.267 e. The number of nitrogens with two attached hydrogens (primary N) is 1. The first-order chi connectivity index (χ1) is 9.97. The molecule has 0 spiro atoms. The minimum Gasteiger partial charge on any atom is -0.397 e. The Hall–Kier alpha value is -1.45. The van der Waals surface area contributed by atoms with Crippen LogP contribution in [0.25, 0.3) is 0 Å². The van der Waals surface area contributed by atoms with Crippen molar-refractivity contribution >= 4 is 11.6 Å². The van der Waals surface area contributed by atoms with Gasteiger partial charge in [0.05, 0.1) is 5.69 Å². The molecule has 0 saturated heterocycles. The van der Waals surface area contributed by atoms with Crippen molar-refractivity contribution in [2.45, 2.75) is 58.9 Å². The van der Waals surface area contributed by atoms with Gasteiger partial charge in [0, 0.05) is 18.8 Å². The molecule has 0 aromatic carbocycles. The van der Waals surface area contributed by atoms with Crippen molar-refractivity contribution in [3.8, 4) is 0 Å². The number of aromatic nitrogens is 1. The normalized spacial score (nSPS) is 22.5. The molecule has 1 saturated carbocycles. The largest absolute Gasteiger partial charge is 0.397 e. The highest BCUT2D eigenvalue weighted by atomic mass is 16.1. The van der Waals surface area contributed by atoms with Gasteiger partial charge >= 0.3 is 0 Å². The third-order valence-electron chi connectivity index (χ3n) is 4.54. The van der Waals surface area contributed by atoms with Crippen LogP contribution in [-0.4, -0.2) is 17.0 Å². The minimum absolute atomic E-state index is 0.00995. The molecule has 1 fully saturated rings. The van der Waals surface area contributed by atoms with E-state index in [-0.39, 0.29) is 11.9 Å². The third-order valence-corrected chi connectivity index (χ3v) is 4.54. The zero-order valence-electron chi connectivity index (χ0n) is 13.6. The molecule has 1 amide bonds. The van der Waals surface area contributed by atoms with Crippen molar-refractivity contribution in [1.82, 2.24) is 9.88 Å². The molecule has 4 heteroatoms. The monoisotopic (exact) mass is 291 g/mol. The lowest BCUT2D eigenvalue weighted by atomic mass is 9.81. The second-order valence-electron chi connectivity index (χ2n) is 6.84. The highest BCUT2D eigenvalue weighted by Crippen LogP contribution is 2.30. The van der Waals surface area contributed by atoms with E-state index < -0.39 is 0 Å². The van der Waals surface area contributed by atoms with Crippen LogP contribution in [0.3, 0.4) is 0 Å². The van der Waals surface area contributed by atoms with Crippen LogP contribution in [0.4, 0.5) is 5.69 Å². The molecule has 1 aromatic rings. The molecular formula is C17H29N3O. The lowest BCUT2D eigenvalue weighted by molar-refractivity contribution is 0.0939. The zero-order valence-corrected chi connectivity index (χ0v) is 13.6. The van der Waals surface area contributed by atoms with Crippen LogP contribution in [0.2, 0.25) is 0 Å². The number of nitrogens with one attached hydrogen (secondary N) is 1. The summed E-state index contributed by atoms with van der Waals surface area (Å²) in [6, 6.07) is 2.00. The number of hydrogen-bond donors (Lipinski definition) is 2. The minimum atomic E-state index is -0.00995. The summed E-state index contributed by atoms with van der Waals surface area (Å²) in [7, 11) is 0. The van der Waals surface area contributed by atoms with E-state index in [1.807, 2.05) is 10.8 Å². The number of amides is 1. The second kappa shape index (κ2) is 7.01. The van der Waals surface area contributed by atoms with Crippen molar-refractivity contribution in [3.05, 3.63) is 18.0 Å². The predicted molar refractivity (Wildman–Crippen MR) is 87.3 cm³/mol. The summed E-state index contributed by atoms with van der Waals surface area (Å²) in [5.41, 5.74) is 7.13. The Morgan fingerprint density at radius 2 is 2.24 bits per heavy atom. The molecule has 0 bridgehead atoms. The average molecular weight is 291 g/mol. The Morgan fingerprint density at radius 3 is 2.90 bits per heavy atom. The van der Waals surface area contributed by atoms with E-state index in [4.69, 9.17) is 5.73 Å². The van der Waals surface area contributed by atoms with Crippen molar-refractivity contribution < 1.29 is 4.79 Å². The summed E-state index contributed by atoms with van der Waals surface area (Å²) in [6.45, 7) is 7.21. The number of nitrogens with zero attached hydrogens (tertiary/aromatic N) is 1. The lowest BCUT2D eigenvalue weighted by Gasteiger charge is -2.26. The first kappa shape index (κ1) is 15.9. The first-order valence-corrected chi connectivity index (χ1v) is 8.23. The van der Waals surface area contributed by atoms with Gasteiger partial charge in [0.1, 0.15) is 5.69 Å². The number of rotatable bonds is 5. The molecular weight excluding hydrogens is 262 g/mol. The molecule has 3 N–H and O–H groups in total. The fourth-order valence-corrected chi connectivity index (χ4v) is 3.41. The van der Waals surface area contributed by atoms with Gasteiger partial charge < -0.3 is 15.6 Å². The Morgan fingerprint density at radius 1 is 1.48 bits per heavy atom. The van der Waals surface area contributed by atoms with E-state index in [1.54, 1.807) is 6.07 Å². The van der Waals surface area contributed by atoms with Crippen molar-refractivity contribution in [1.29, 1.82) is 0 Å². The lowest BCUT2D eigenvalue weighted by Crippen LogP contribution is -2.29. The highest BCUT2D eigenvalue weighted by Gasteiger charge is 2.19. The highest BCUT2D eigenvalue weighted by molar-refractivity contribution is 5.93. The van der Waals surface area contributed by atoms with Crippen LogP contribution in [0.1, 0.15) is 69.4 Å². The van der Waals surface area contributed by atoms with E-state index in [9.17, 15) is 4.79 Å². The van der Waals surface area contributed by atoms with Gasteiger partial charge in [-0.2, -0.15) is 0 Å². The molecule has 4 nitrogen and oxygen atoms in total. The van der Waals surface area contributed by atoms with Gasteiger partial charge in [-0.15, -0.1) is 0 Å². The zero-order chi connectivity index (χ0) is 15.4. The van der Waals surface area contributed by atoms with Gasteiger partial charge in [-0.1, -0.05) is 26.2 Å². The van der Waals surface area contributed by atoms with Gasteiger partial charge in [0.15, 0.2) is 0 Å². The molecule has 2 unspecified atom stereocenters. The van der Waals surface area contributed by atoms with Gasteiger partial charge in [-0.25, -0.2) is 0 Å². The molecule has 1 aliphatic rings. The van der Waals surface area contributed by atoms with E-state index >= 15 is 0 Å². The topological polar surface area (TPSA) is 60.1 Å². The number of nitrogen functional groups attached to an aromatic ring is 1. The number of anilines is 1. The summed E-state index contributed by atoms with van der Waals surface area (Å²) in [6.07, 6.45) is 8.26. The molecule has 0 aliphatic heterocycles. The van der Waals surface area contributed by atoms with Crippen LogP contribution in [-0.2, 0) is 0 Å². The van der Waals surface area contributed by atoms with Crippen LogP contribution < -0.4 is 11.1 Å². The van der Waals surface area contributed by atoms with E-state index in [0.717, 1.165) is 24.8 Å². The fourth-order valence-electron chi connectivity index (χ4n) is 3.41. The summed E-state index contributed by atoms with van der Waals surface area (Å²) in [5.74, 6) is 1.61. The van der Waals surface area contributed by atoms with E-state index in [1.165, 1.54) is 25.7 Å². The van der Waals surface area contributed by atoms with E-state index in [0.29, 0.717) is 11.4 Å². The molecule has 1 heterocycles. The Bertz CT molecular complexity index is 478. The average Bonchev–Trinajstić information content (AvgIpc) is 2.81. The van der Waals surface area contributed by atoms with Crippen molar-refractivity contribution in [2.24, 2.45) is 11.8 Å². The molecule has 21 heavy (non-hydrogen) atoms. The third kappa shape index (κ3) is 4.26. The maximum atomic E-state index is 12.3. The Balaban J connectivity index is 1.84. The van der Waals surface area contributed by atoms with Crippen molar-refractivity contribution in [2.75, 3.05) is 12.3 Å². The van der Waals surface area contributed by atoms with Crippen LogP contribution in [0.15, 0.2) is 12.3 Å². The van der Waals surface area contributed by atoms with Gasteiger partial charge in [-0.05, 0) is 44.6 Å². The molecule has 0 radical (unpaired) electrons. The summed E-state index contributed by atoms with van der Waals surface area (Å²) in [4.78, 5) is 12.3. The number of hydrogen-bond acceptors (Lipinski definition) is 2. The quantitative estimate of drug-likeness (QED) is 0.870. The molecule has 1 aromatic heterocycles. The molecule has 2 atom stereocenters. The standard InChI is InChI=1S/C17H29N3O/c1-12(2)20-11-15(18)10-16(20)17(21)19-8-7-14-6-4-5-13(3)9-14/h10-14H,4-9,18H2,1-3H3,(H,19,21). The van der Waals surface area contributed by atoms with Gasteiger partial charge in [0.25, 0.3) is 5.91 Å². The van der Waals surface area contributed by atoms with Crippen LogP contribution in [0, 0.1) is 11.8 Å². The predicted octanol–water partition coefficient (Wildman–Crippen LogP) is 3.60. The summed E-state index contributed by atoms with van der Waals surface area (Å²) in [5, 5.41) is 3.05. The van der Waals surface area contributed by atoms with E-state index in [2.05, 4.69) is 26.1 Å². The Labute approximate surface area is 128 Å². The van der Waals surface area contributed by atoms with Crippen LogP contribution >= 0.6 is 0 Å². The van der Waals surface area contributed by atoms with Gasteiger partial charge in [0.2, 0.25) is 0 Å². The summed E-state index contributed by atoms with van der Waals surface area (Å²) >= 11 is 0. The molecule has 2 rings (SSSR count). The number of carbonyl (C=O) groups excluding carboxylic acids is 1. The smallest absolute Gasteiger partial charge is 0.267 e. The molecule has 118 valence electrons. The van der Waals surface area contributed by atoms with Crippen LogP contribution in [0.5, 0.6) is 0 Å².